The molecule has 3 N–H and O–H groups in total. The molecule has 0 aromatic carbocycles. The van der Waals surface area contributed by atoms with Gasteiger partial charge < -0.3 is 16.0 Å². The van der Waals surface area contributed by atoms with Gasteiger partial charge in [-0.3, -0.25) is 9.79 Å². The summed E-state index contributed by atoms with van der Waals surface area (Å²) in [6.45, 7) is 3.01. The number of likely N-dealkylation sites (tertiary alicyclic amines) is 1. The zero-order valence-corrected chi connectivity index (χ0v) is 16.5. The van der Waals surface area contributed by atoms with Crippen LogP contribution in [0.4, 0.5) is 0 Å². The fourth-order valence-electron chi connectivity index (χ4n) is 4.02. The van der Waals surface area contributed by atoms with Gasteiger partial charge in [0.15, 0.2) is 5.96 Å². The molecule has 1 unspecified atom stereocenters. The van der Waals surface area contributed by atoms with Gasteiger partial charge in [0, 0.05) is 33.1 Å². The summed E-state index contributed by atoms with van der Waals surface area (Å²) < 4.78 is 0. The molecule has 132 valence electrons. The maximum atomic E-state index is 11.2. The molecule has 1 saturated heterocycles. The van der Waals surface area contributed by atoms with Gasteiger partial charge in [-0.15, -0.1) is 24.0 Å². The van der Waals surface area contributed by atoms with Crippen LogP contribution in [0.15, 0.2) is 4.99 Å². The number of hydrogen-bond acceptors (Lipinski definition) is 2. The molecule has 3 fully saturated rings. The van der Waals surface area contributed by atoms with E-state index in [-0.39, 0.29) is 29.9 Å². The van der Waals surface area contributed by atoms with E-state index in [0.29, 0.717) is 12.3 Å². The van der Waals surface area contributed by atoms with Crippen molar-refractivity contribution in [2.75, 3.05) is 26.7 Å². The molecule has 2 aliphatic carbocycles. The van der Waals surface area contributed by atoms with Crippen LogP contribution in [-0.2, 0) is 4.79 Å². The molecule has 1 atom stereocenters. The topological polar surface area (TPSA) is 70.7 Å². The van der Waals surface area contributed by atoms with Crippen LogP contribution in [0.25, 0.3) is 0 Å². The van der Waals surface area contributed by atoms with Crippen molar-refractivity contribution in [2.45, 2.75) is 44.9 Å². The van der Waals surface area contributed by atoms with Crippen LogP contribution in [0.2, 0.25) is 0 Å². The fraction of sp³-hybridized carbons (Fsp3) is 0.882. The van der Waals surface area contributed by atoms with Crippen molar-refractivity contribution in [2.24, 2.45) is 34.4 Å². The van der Waals surface area contributed by atoms with E-state index < -0.39 is 0 Å². The predicted molar refractivity (Wildman–Crippen MR) is 104 cm³/mol. The van der Waals surface area contributed by atoms with E-state index in [4.69, 9.17) is 5.73 Å². The molecule has 6 heteroatoms. The number of nitrogens with two attached hydrogens (primary N) is 1. The highest BCUT2D eigenvalue weighted by molar-refractivity contribution is 14.0. The highest BCUT2D eigenvalue weighted by atomic mass is 127. The minimum absolute atomic E-state index is 0. The van der Waals surface area contributed by atoms with Gasteiger partial charge in [0.25, 0.3) is 0 Å². The Morgan fingerprint density at radius 1 is 1.26 bits per heavy atom. The van der Waals surface area contributed by atoms with Crippen molar-refractivity contribution in [3.05, 3.63) is 0 Å². The first kappa shape index (κ1) is 18.8. The van der Waals surface area contributed by atoms with Gasteiger partial charge in [-0.2, -0.15) is 0 Å². The molecule has 0 aromatic rings. The Morgan fingerprint density at radius 2 is 1.91 bits per heavy atom. The highest BCUT2D eigenvalue weighted by Gasteiger charge is 2.41. The van der Waals surface area contributed by atoms with Gasteiger partial charge in [0.2, 0.25) is 5.91 Å². The third-order valence-corrected chi connectivity index (χ3v) is 5.47. The van der Waals surface area contributed by atoms with E-state index in [2.05, 4.69) is 15.2 Å². The third kappa shape index (κ3) is 5.50. The number of carbonyl (C=O) groups excluding carboxylic acids is 1. The van der Waals surface area contributed by atoms with Crippen LogP contribution in [0.3, 0.4) is 0 Å². The van der Waals surface area contributed by atoms with Gasteiger partial charge in [0.1, 0.15) is 0 Å². The lowest BCUT2D eigenvalue weighted by atomic mass is 9.94. The second-order valence-corrected chi connectivity index (χ2v) is 7.39. The lowest BCUT2D eigenvalue weighted by molar-refractivity contribution is -0.119. The van der Waals surface area contributed by atoms with Crippen molar-refractivity contribution in [1.82, 2.24) is 10.2 Å². The number of aliphatic imine (C=N–C) groups is 1. The van der Waals surface area contributed by atoms with E-state index in [1.807, 2.05) is 7.05 Å². The van der Waals surface area contributed by atoms with Gasteiger partial charge in [-0.25, -0.2) is 0 Å². The second kappa shape index (κ2) is 8.53. The smallest absolute Gasteiger partial charge is 0.217 e. The van der Waals surface area contributed by atoms with Gasteiger partial charge >= 0.3 is 0 Å². The van der Waals surface area contributed by atoms with Crippen LogP contribution in [0.5, 0.6) is 0 Å². The number of halogens is 1. The maximum Gasteiger partial charge on any atom is 0.217 e. The molecule has 1 amide bonds. The Balaban J connectivity index is 0.00000192. The molecule has 0 spiro atoms. The van der Waals surface area contributed by atoms with Crippen molar-refractivity contribution in [1.29, 1.82) is 0 Å². The molecule has 3 aliphatic rings. The van der Waals surface area contributed by atoms with E-state index in [9.17, 15) is 4.79 Å². The Kier molecular flexibility index (Phi) is 6.98. The van der Waals surface area contributed by atoms with Crippen molar-refractivity contribution in [3.63, 3.8) is 0 Å². The maximum absolute atomic E-state index is 11.2. The van der Waals surface area contributed by atoms with E-state index in [0.717, 1.165) is 56.2 Å². The van der Waals surface area contributed by atoms with Crippen LogP contribution in [-0.4, -0.2) is 43.4 Å². The number of rotatable bonds is 6. The average molecular weight is 434 g/mol. The summed E-state index contributed by atoms with van der Waals surface area (Å²) in [5.74, 6) is 3.98. The lowest BCUT2D eigenvalue weighted by Gasteiger charge is -2.35. The summed E-state index contributed by atoms with van der Waals surface area (Å²) in [7, 11) is 1.86. The molecule has 5 nitrogen and oxygen atoms in total. The van der Waals surface area contributed by atoms with Crippen LogP contribution < -0.4 is 11.1 Å². The summed E-state index contributed by atoms with van der Waals surface area (Å²) in [6.07, 6.45) is 8.41. The zero-order valence-electron chi connectivity index (χ0n) is 14.2. The number of nitrogens with zero attached hydrogens (tertiary/aromatic N) is 2. The predicted octanol–water partition coefficient (Wildman–Crippen LogP) is 2.20. The summed E-state index contributed by atoms with van der Waals surface area (Å²) in [6, 6.07) is 0. The van der Waals surface area contributed by atoms with Crippen molar-refractivity contribution < 1.29 is 4.79 Å². The number of piperidine rings is 1. The Bertz CT molecular complexity index is 422. The molecular weight excluding hydrogens is 403 g/mol. The van der Waals surface area contributed by atoms with Crippen molar-refractivity contribution in [3.8, 4) is 0 Å². The van der Waals surface area contributed by atoms with Crippen LogP contribution in [0.1, 0.15) is 44.9 Å². The third-order valence-electron chi connectivity index (χ3n) is 5.47. The average Bonchev–Trinajstić information content (AvgIpc) is 3.37. The summed E-state index contributed by atoms with van der Waals surface area (Å²) in [4.78, 5) is 17.9. The largest absolute Gasteiger partial charge is 0.370 e. The Morgan fingerprint density at radius 3 is 2.43 bits per heavy atom. The Hall–Kier alpha value is -0.530. The van der Waals surface area contributed by atoms with Crippen molar-refractivity contribution >= 4 is 35.8 Å². The lowest BCUT2D eigenvalue weighted by Crippen LogP contribution is -2.48. The molecule has 23 heavy (non-hydrogen) atoms. The zero-order chi connectivity index (χ0) is 15.5. The summed E-state index contributed by atoms with van der Waals surface area (Å²) >= 11 is 0. The fourth-order valence-corrected chi connectivity index (χ4v) is 4.02. The Labute approximate surface area is 156 Å². The van der Waals surface area contributed by atoms with Gasteiger partial charge in [0.05, 0.1) is 0 Å². The van der Waals surface area contributed by atoms with E-state index in [1.54, 1.807) is 0 Å². The first-order chi connectivity index (χ1) is 10.7. The first-order valence-corrected chi connectivity index (χ1v) is 8.91. The number of carbonyl (C=O) groups is 1. The summed E-state index contributed by atoms with van der Waals surface area (Å²) in [5.41, 5.74) is 5.35. The van der Waals surface area contributed by atoms with E-state index >= 15 is 0 Å². The normalized spacial score (nSPS) is 25.2. The van der Waals surface area contributed by atoms with Crippen LogP contribution in [0, 0.1) is 23.7 Å². The standard InChI is InChI=1S/C17H30N4O.HI/c1-19-17(20-10-15(13-4-5-13)14-6-7-14)21-8-2-3-12(11-21)9-16(18)22;/h12-15H,2-11H2,1H3,(H2,18,22)(H,19,20);1H. The number of nitrogens with one attached hydrogen (secondary N) is 1. The molecule has 2 saturated carbocycles. The van der Waals surface area contributed by atoms with Gasteiger partial charge in [-0.05, 0) is 62.2 Å². The molecule has 0 aromatic heterocycles. The molecular formula is C17H31IN4O. The number of hydrogen-bond donors (Lipinski definition) is 2. The minimum atomic E-state index is -0.183. The molecule has 1 aliphatic heterocycles. The van der Waals surface area contributed by atoms with E-state index in [1.165, 1.54) is 25.7 Å². The number of primary amides is 1. The quantitative estimate of drug-likeness (QED) is 0.383. The van der Waals surface area contributed by atoms with Gasteiger partial charge in [-0.1, -0.05) is 0 Å². The molecule has 0 radical (unpaired) electrons. The molecule has 3 rings (SSSR count). The molecule has 1 heterocycles. The first-order valence-electron chi connectivity index (χ1n) is 8.91. The SMILES string of the molecule is CN=C(NCC(C1CC1)C1CC1)N1CCCC(CC(N)=O)C1.I. The second-order valence-electron chi connectivity index (χ2n) is 7.39. The molecule has 0 bridgehead atoms. The highest BCUT2D eigenvalue weighted by Crippen LogP contribution is 2.48. The number of amides is 1. The monoisotopic (exact) mass is 434 g/mol. The minimum Gasteiger partial charge on any atom is -0.370 e. The van der Waals surface area contributed by atoms with Crippen LogP contribution >= 0.6 is 24.0 Å². The number of guanidine groups is 1. The summed E-state index contributed by atoms with van der Waals surface area (Å²) in [5, 5.41) is 3.62.